The predicted molar refractivity (Wildman–Crippen MR) is 90.5 cm³/mol. The molecule has 1 N–H and O–H groups in total. The Morgan fingerprint density at radius 1 is 1.13 bits per heavy atom. The van der Waals surface area contributed by atoms with E-state index >= 15 is 0 Å². The Hall–Kier alpha value is -2.63. The molecule has 0 fully saturated rings. The molecule has 3 aromatic rings. The number of fused-ring (bicyclic) bond motifs is 1. The second-order valence-electron chi connectivity index (χ2n) is 5.81. The number of hydrogen-bond donors (Lipinski definition) is 1. The summed E-state index contributed by atoms with van der Waals surface area (Å²) in [6.45, 7) is 6.13. The van der Waals surface area contributed by atoms with Gasteiger partial charge in [-0.15, -0.1) is 5.10 Å². The molecule has 0 aliphatic carbocycles. The second-order valence-corrected chi connectivity index (χ2v) is 5.81. The standard InChI is InChI=1S/C17H21N5O/c1-11(2)23-15-8-6-5-7-13(15)12(3)19-17-16-14(9-10-18-17)22(4)21-20-16/h5-12H,1-4H3,(H,18,19)/t12-/m0/s1. The Morgan fingerprint density at radius 2 is 1.91 bits per heavy atom. The molecule has 0 amide bonds. The number of benzene rings is 1. The van der Waals surface area contributed by atoms with E-state index in [0.29, 0.717) is 0 Å². The summed E-state index contributed by atoms with van der Waals surface area (Å²) in [4.78, 5) is 4.41. The van der Waals surface area contributed by atoms with Crippen molar-refractivity contribution in [3.63, 3.8) is 0 Å². The topological polar surface area (TPSA) is 64.9 Å². The van der Waals surface area contributed by atoms with Crippen LogP contribution in [0.25, 0.3) is 11.0 Å². The molecule has 120 valence electrons. The Morgan fingerprint density at radius 3 is 2.70 bits per heavy atom. The van der Waals surface area contributed by atoms with Gasteiger partial charge in [-0.2, -0.15) is 0 Å². The first-order valence-electron chi connectivity index (χ1n) is 7.72. The van der Waals surface area contributed by atoms with Gasteiger partial charge in [0.2, 0.25) is 0 Å². The predicted octanol–water partition coefficient (Wildman–Crippen LogP) is 3.32. The highest BCUT2D eigenvalue weighted by Crippen LogP contribution is 2.29. The number of aryl methyl sites for hydroxylation is 1. The van der Waals surface area contributed by atoms with Crippen LogP contribution in [0.4, 0.5) is 5.82 Å². The van der Waals surface area contributed by atoms with E-state index in [0.717, 1.165) is 28.2 Å². The number of nitrogens with zero attached hydrogens (tertiary/aromatic N) is 4. The first-order chi connectivity index (χ1) is 11.1. The Balaban J connectivity index is 1.91. The number of ether oxygens (including phenoxy) is 1. The fourth-order valence-electron chi connectivity index (χ4n) is 2.55. The average molecular weight is 311 g/mol. The van der Waals surface area contributed by atoms with Gasteiger partial charge in [0.1, 0.15) is 5.75 Å². The molecule has 0 radical (unpaired) electrons. The van der Waals surface area contributed by atoms with Crippen molar-refractivity contribution >= 4 is 16.9 Å². The number of rotatable bonds is 5. The summed E-state index contributed by atoms with van der Waals surface area (Å²) in [5, 5.41) is 11.7. The Labute approximate surface area is 135 Å². The van der Waals surface area contributed by atoms with Crippen LogP contribution in [-0.2, 0) is 7.05 Å². The number of anilines is 1. The minimum Gasteiger partial charge on any atom is -0.491 e. The van der Waals surface area contributed by atoms with E-state index in [4.69, 9.17) is 4.74 Å². The first kappa shape index (κ1) is 15.3. The van der Waals surface area contributed by atoms with Gasteiger partial charge in [0.15, 0.2) is 11.3 Å². The van der Waals surface area contributed by atoms with E-state index in [1.54, 1.807) is 10.9 Å². The Bertz CT molecular complexity index is 812. The highest BCUT2D eigenvalue weighted by atomic mass is 16.5. The minimum absolute atomic E-state index is 0.0325. The van der Waals surface area contributed by atoms with Gasteiger partial charge in [0, 0.05) is 18.8 Å². The van der Waals surface area contributed by atoms with Gasteiger partial charge < -0.3 is 10.1 Å². The lowest BCUT2D eigenvalue weighted by Crippen LogP contribution is -2.13. The van der Waals surface area contributed by atoms with Crippen molar-refractivity contribution in [2.45, 2.75) is 32.9 Å². The zero-order chi connectivity index (χ0) is 16.4. The van der Waals surface area contributed by atoms with Crippen molar-refractivity contribution in [2.75, 3.05) is 5.32 Å². The van der Waals surface area contributed by atoms with E-state index in [9.17, 15) is 0 Å². The van der Waals surface area contributed by atoms with Crippen molar-refractivity contribution < 1.29 is 4.74 Å². The largest absolute Gasteiger partial charge is 0.491 e. The van der Waals surface area contributed by atoms with Crippen LogP contribution in [0.2, 0.25) is 0 Å². The van der Waals surface area contributed by atoms with Crippen LogP contribution >= 0.6 is 0 Å². The van der Waals surface area contributed by atoms with Gasteiger partial charge in [0.25, 0.3) is 0 Å². The lowest BCUT2D eigenvalue weighted by Gasteiger charge is -2.20. The molecule has 0 bridgehead atoms. The van der Waals surface area contributed by atoms with Gasteiger partial charge in [-0.25, -0.2) is 9.67 Å². The number of hydrogen-bond acceptors (Lipinski definition) is 5. The van der Waals surface area contributed by atoms with E-state index in [2.05, 4.69) is 33.6 Å². The summed E-state index contributed by atoms with van der Waals surface area (Å²) in [6, 6.07) is 9.98. The van der Waals surface area contributed by atoms with Crippen molar-refractivity contribution in [1.29, 1.82) is 0 Å². The molecular formula is C17H21N5O. The summed E-state index contributed by atoms with van der Waals surface area (Å²) in [5.74, 6) is 1.61. The third kappa shape index (κ3) is 3.11. The van der Waals surface area contributed by atoms with Crippen LogP contribution in [-0.4, -0.2) is 26.1 Å². The van der Waals surface area contributed by atoms with Gasteiger partial charge >= 0.3 is 0 Å². The SMILES string of the molecule is CC(C)Oc1ccccc1[C@H](C)Nc1nccc2c1nnn2C. The molecule has 0 unspecified atom stereocenters. The second kappa shape index (κ2) is 6.24. The number of para-hydroxylation sites is 1. The van der Waals surface area contributed by atoms with Gasteiger partial charge in [-0.1, -0.05) is 23.4 Å². The van der Waals surface area contributed by atoms with Crippen molar-refractivity contribution in [2.24, 2.45) is 7.05 Å². The molecule has 6 nitrogen and oxygen atoms in total. The minimum atomic E-state index is 0.0325. The summed E-state index contributed by atoms with van der Waals surface area (Å²) in [7, 11) is 1.87. The number of nitrogens with one attached hydrogen (secondary N) is 1. The smallest absolute Gasteiger partial charge is 0.156 e. The van der Waals surface area contributed by atoms with Crippen LogP contribution in [0.15, 0.2) is 36.5 Å². The average Bonchev–Trinajstić information content (AvgIpc) is 2.90. The maximum atomic E-state index is 5.90. The zero-order valence-electron chi connectivity index (χ0n) is 13.8. The Kier molecular flexibility index (Phi) is 4.14. The first-order valence-corrected chi connectivity index (χ1v) is 7.72. The molecule has 3 rings (SSSR count). The van der Waals surface area contributed by atoms with Crippen LogP contribution in [0, 0.1) is 0 Å². The van der Waals surface area contributed by atoms with Crippen molar-refractivity contribution in [3.8, 4) is 5.75 Å². The van der Waals surface area contributed by atoms with E-state index in [-0.39, 0.29) is 12.1 Å². The summed E-state index contributed by atoms with van der Waals surface area (Å²) >= 11 is 0. The van der Waals surface area contributed by atoms with Crippen molar-refractivity contribution in [3.05, 3.63) is 42.1 Å². The molecule has 6 heteroatoms. The van der Waals surface area contributed by atoms with E-state index < -0.39 is 0 Å². The summed E-state index contributed by atoms with van der Waals surface area (Å²) in [5.41, 5.74) is 2.80. The monoisotopic (exact) mass is 311 g/mol. The molecule has 0 saturated carbocycles. The number of aromatic nitrogens is 4. The van der Waals surface area contributed by atoms with Crippen LogP contribution in [0.5, 0.6) is 5.75 Å². The lowest BCUT2D eigenvalue weighted by atomic mass is 10.1. The summed E-state index contributed by atoms with van der Waals surface area (Å²) in [6.07, 6.45) is 1.89. The van der Waals surface area contributed by atoms with E-state index in [1.165, 1.54) is 0 Å². The fraction of sp³-hybridized carbons (Fsp3) is 0.353. The van der Waals surface area contributed by atoms with Crippen molar-refractivity contribution in [1.82, 2.24) is 20.0 Å². The number of pyridine rings is 1. The molecule has 1 aromatic carbocycles. The normalized spacial score (nSPS) is 12.6. The van der Waals surface area contributed by atoms with Gasteiger partial charge in [-0.3, -0.25) is 0 Å². The molecule has 0 aliphatic rings. The molecule has 0 aliphatic heterocycles. The molecule has 0 spiro atoms. The highest BCUT2D eigenvalue weighted by molar-refractivity contribution is 5.85. The third-order valence-electron chi connectivity index (χ3n) is 3.63. The highest BCUT2D eigenvalue weighted by Gasteiger charge is 2.15. The van der Waals surface area contributed by atoms with Gasteiger partial charge in [-0.05, 0) is 32.9 Å². The lowest BCUT2D eigenvalue weighted by molar-refractivity contribution is 0.239. The summed E-state index contributed by atoms with van der Waals surface area (Å²) < 4.78 is 7.64. The van der Waals surface area contributed by atoms with Crippen LogP contribution in [0.1, 0.15) is 32.4 Å². The molecular weight excluding hydrogens is 290 g/mol. The molecule has 23 heavy (non-hydrogen) atoms. The molecule has 0 saturated heterocycles. The zero-order valence-corrected chi connectivity index (χ0v) is 13.8. The fourth-order valence-corrected chi connectivity index (χ4v) is 2.55. The molecule has 2 heterocycles. The maximum absolute atomic E-state index is 5.90. The maximum Gasteiger partial charge on any atom is 0.156 e. The van der Waals surface area contributed by atoms with Crippen LogP contribution in [0.3, 0.4) is 0 Å². The molecule has 1 atom stereocenters. The quantitative estimate of drug-likeness (QED) is 0.783. The molecule has 2 aromatic heterocycles. The van der Waals surface area contributed by atoms with E-state index in [1.807, 2.05) is 45.2 Å². The van der Waals surface area contributed by atoms with Crippen LogP contribution < -0.4 is 10.1 Å². The van der Waals surface area contributed by atoms with Gasteiger partial charge in [0.05, 0.1) is 17.7 Å². The third-order valence-corrected chi connectivity index (χ3v) is 3.63.